The number of rotatable bonds is 2. The summed E-state index contributed by atoms with van der Waals surface area (Å²) in [6.45, 7) is 10.6. The van der Waals surface area contributed by atoms with E-state index in [9.17, 15) is 10.2 Å². The molecular formula is C21H40N2O4. The van der Waals surface area contributed by atoms with Crippen LogP contribution in [0.5, 0.6) is 0 Å². The Hall–Kier alpha value is -0.950. The average Bonchev–Trinajstić information content (AvgIpc) is 2.85. The molecule has 6 heteroatoms. The molecule has 3 aliphatic carbocycles. The Morgan fingerprint density at radius 1 is 1.22 bits per heavy atom. The van der Waals surface area contributed by atoms with Crippen LogP contribution < -0.4 is 17.0 Å². The molecule has 0 bridgehead atoms. The number of hydrogen-bond donors (Lipinski definition) is 4. The van der Waals surface area contributed by atoms with E-state index < -0.39 is 12.1 Å². The highest BCUT2D eigenvalue weighted by Crippen LogP contribution is 2.62. The van der Waals surface area contributed by atoms with Crippen molar-refractivity contribution in [2.75, 3.05) is 6.54 Å². The minimum absolute atomic E-state index is 0. The molecule has 0 amide bonds. The zero-order valence-electron chi connectivity index (χ0n) is 17.5. The molecule has 0 saturated heterocycles. The standard InChI is InChI=1S/C19H33NO2.C2H4O2.H3N/c1-12-4-5-15-14(11-20)16(7-9-18(12,15)2)19(3)8-6-13(21)10-17(19)22;1-2(3)4;/h13-17,21-22H,1,4-11,20H2,2-3H3;1H3,(H,3,4);1H3/t13-,14+,15?,16?,17-,18-,19+;;/m0../s1. The van der Waals surface area contributed by atoms with Crippen molar-refractivity contribution in [1.82, 2.24) is 6.15 Å². The number of nitrogens with two attached hydrogens (primary N) is 1. The third-order valence-corrected chi connectivity index (χ3v) is 7.78. The molecule has 0 heterocycles. The van der Waals surface area contributed by atoms with Crippen LogP contribution in [0.1, 0.15) is 65.7 Å². The summed E-state index contributed by atoms with van der Waals surface area (Å²) in [5.74, 6) is 0.497. The minimum atomic E-state index is -1.08. The van der Waals surface area contributed by atoms with Gasteiger partial charge in [0.15, 0.2) is 0 Å². The lowest BCUT2D eigenvalue weighted by Gasteiger charge is -2.55. The van der Waals surface area contributed by atoms with Crippen LogP contribution >= 0.6 is 0 Å². The Kier molecular flexibility index (Phi) is 8.06. The van der Waals surface area contributed by atoms with Gasteiger partial charge in [0.1, 0.15) is 0 Å². The molecule has 0 aromatic heterocycles. The van der Waals surface area contributed by atoms with Gasteiger partial charge in [-0.3, -0.25) is 0 Å². The maximum Gasteiger partial charge on any atom is 0.0621 e. The second-order valence-corrected chi connectivity index (χ2v) is 9.15. The molecule has 0 radical (unpaired) electrons. The third kappa shape index (κ3) is 4.56. The van der Waals surface area contributed by atoms with E-state index in [-0.39, 0.29) is 23.1 Å². The van der Waals surface area contributed by atoms with Crippen LogP contribution in [0.4, 0.5) is 0 Å². The van der Waals surface area contributed by atoms with Crippen molar-refractivity contribution in [2.24, 2.45) is 34.3 Å². The molecule has 7 atom stereocenters. The van der Waals surface area contributed by atoms with Gasteiger partial charge >= 0.3 is 0 Å². The Balaban J connectivity index is 0.000000666. The number of aliphatic hydroxyl groups is 2. The minimum Gasteiger partial charge on any atom is -0.550 e. The van der Waals surface area contributed by atoms with Gasteiger partial charge in [-0.25, -0.2) is 0 Å². The fraction of sp³-hybridized carbons (Fsp3) is 0.857. The molecule has 0 spiro atoms. The first-order chi connectivity index (χ1) is 12.1. The molecule has 0 aromatic carbocycles. The van der Waals surface area contributed by atoms with Gasteiger partial charge in [0, 0.05) is 5.97 Å². The Morgan fingerprint density at radius 3 is 2.33 bits per heavy atom. The molecule has 2 unspecified atom stereocenters. The molecular weight excluding hydrogens is 344 g/mol. The Bertz CT molecular complexity index is 536. The van der Waals surface area contributed by atoms with Crippen molar-refractivity contribution in [2.45, 2.75) is 77.9 Å². The number of carbonyl (C=O) groups is 1. The van der Waals surface area contributed by atoms with Gasteiger partial charge in [0.2, 0.25) is 0 Å². The first-order valence-corrected chi connectivity index (χ1v) is 9.98. The van der Waals surface area contributed by atoms with Gasteiger partial charge in [-0.05, 0) is 87.0 Å². The number of aliphatic carboxylic acids is 1. The van der Waals surface area contributed by atoms with Gasteiger partial charge in [0.25, 0.3) is 0 Å². The van der Waals surface area contributed by atoms with Crippen molar-refractivity contribution in [3.8, 4) is 0 Å². The number of carboxylic acid groups (broad SMARTS) is 1. The monoisotopic (exact) mass is 384 g/mol. The second-order valence-electron chi connectivity index (χ2n) is 9.15. The lowest BCUT2D eigenvalue weighted by Crippen LogP contribution is -2.53. The van der Waals surface area contributed by atoms with Gasteiger partial charge in [-0.1, -0.05) is 26.0 Å². The summed E-state index contributed by atoms with van der Waals surface area (Å²) >= 11 is 0. The fourth-order valence-electron chi connectivity index (χ4n) is 6.06. The van der Waals surface area contributed by atoms with Gasteiger partial charge in [-0.15, -0.1) is 0 Å². The van der Waals surface area contributed by atoms with E-state index in [1.54, 1.807) is 0 Å². The van der Waals surface area contributed by atoms with E-state index in [0.29, 0.717) is 30.7 Å². The summed E-state index contributed by atoms with van der Waals surface area (Å²) < 4.78 is 0. The van der Waals surface area contributed by atoms with Crippen molar-refractivity contribution < 1.29 is 20.1 Å². The third-order valence-electron chi connectivity index (χ3n) is 7.78. The molecule has 0 aromatic rings. The molecule has 8 N–H and O–H groups in total. The van der Waals surface area contributed by atoms with Crippen LogP contribution in [-0.2, 0) is 4.79 Å². The van der Waals surface area contributed by atoms with Gasteiger partial charge in [0.05, 0.1) is 12.2 Å². The maximum atomic E-state index is 10.7. The van der Waals surface area contributed by atoms with E-state index in [2.05, 4.69) is 20.4 Å². The van der Waals surface area contributed by atoms with Gasteiger partial charge < -0.3 is 32.0 Å². The number of quaternary nitrogens is 1. The van der Waals surface area contributed by atoms with E-state index in [1.807, 2.05) is 0 Å². The average molecular weight is 385 g/mol. The summed E-state index contributed by atoms with van der Waals surface area (Å²) in [5, 5.41) is 29.5. The molecule has 3 fully saturated rings. The lowest BCUT2D eigenvalue weighted by molar-refractivity contribution is -0.302. The SMILES string of the molecule is C=C1CCC2[C@@H](CN)C([C@@]3(C)CC[C@H](O)C[C@@H]3O)CC[C@@]12C.CC(=O)[O-].[NH4+]. The predicted molar refractivity (Wildman–Crippen MR) is 106 cm³/mol. The smallest absolute Gasteiger partial charge is 0.0621 e. The molecule has 3 aliphatic rings. The highest BCUT2D eigenvalue weighted by atomic mass is 16.4. The number of allylic oxidation sites excluding steroid dienone is 1. The van der Waals surface area contributed by atoms with Crippen LogP contribution in [-0.4, -0.2) is 34.9 Å². The largest absolute Gasteiger partial charge is 0.550 e. The Labute approximate surface area is 163 Å². The van der Waals surface area contributed by atoms with Crippen molar-refractivity contribution in [1.29, 1.82) is 0 Å². The van der Waals surface area contributed by atoms with Crippen LogP contribution in [0.3, 0.4) is 0 Å². The quantitative estimate of drug-likeness (QED) is 0.538. The zero-order chi connectivity index (χ0) is 19.7. The van der Waals surface area contributed by atoms with E-state index in [1.165, 1.54) is 18.4 Å². The fourth-order valence-corrected chi connectivity index (χ4v) is 6.06. The van der Waals surface area contributed by atoms with Crippen molar-refractivity contribution >= 4 is 5.97 Å². The van der Waals surface area contributed by atoms with Crippen molar-refractivity contribution in [3.63, 3.8) is 0 Å². The van der Waals surface area contributed by atoms with Crippen LogP contribution in [0.15, 0.2) is 12.2 Å². The summed E-state index contributed by atoms with van der Waals surface area (Å²) in [7, 11) is 0. The van der Waals surface area contributed by atoms with E-state index >= 15 is 0 Å². The summed E-state index contributed by atoms with van der Waals surface area (Å²) in [5.41, 5.74) is 7.82. The molecule has 3 rings (SSSR count). The molecule has 27 heavy (non-hydrogen) atoms. The number of carboxylic acids is 1. The number of aliphatic hydroxyl groups excluding tert-OH is 2. The van der Waals surface area contributed by atoms with Crippen LogP contribution in [0.25, 0.3) is 0 Å². The molecule has 0 aliphatic heterocycles. The summed E-state index contributed by atoms with van der Waals surface area (Å²) in [4.78, 5) is 8.89. The van der Waals surface area contributed by atoms with Gasteiger partial charge in [-0.2, -0.15) is 0 Å². The predicted octanol–water partition coefficient (Wildman–Crippen LogP) is 1.99. The van der Waals surface area contributed by atoms with E-state index in [0.717, 1.165) is 32.6 Å². The zero-order valence-corrected chi connectivity index (χ0v) is 17.5. The second kappa shape index (κ2) is 9.03. The van der Waals surface area contributed by atoms with Crippen LogP contribution in [0, 0.1) is 28.6 Å². The van der Waals surface area contributed by atoms with E-state index in [4.69, 9.17) is 15.6 Å². The lowest BCUT2D eigenvalue weighted by atomic mass is 9.51. The maximum absolute atomic E-state index is 10.7. The normalized spacial score (nSPS) is 43.8. The summed E-state index contributed by atoms with van der Waals surface area (Å²) in [6.07, 6.45) is 6.20. The highest BCUT2D eigenvalue weighted by Gasteiger charge is 2.56. The highest BCUT2D eigenvalue weighted by molar-refractivity contribution is 5.60. The number of carbonyl (C=O) groups excluding carboxylic acids is 1. The summed E-state index contributed by atoms with van der Waals surface area (Å²) in [6, 6.07) is 0. The number of fused-ring (bicyclic) bond motifs is 1. The first kappa shape index (κ1) is 24.1. The number of hydrogen-bond acceptors (Lipinski definition) is 5. The molecule has 6 nitrogen and oxygen atoms in total. The van der Waals surface area contributed by atoms with Crippen LogP contribution in [0.2, 0.25) is 0 Å². The molecule has 158 valence electrons. The first-order valence-electron chi connectivity index (χ1n) is 9.98. The van der Waals surface area contributed by atoms with Crippen molar-refractivity contribution in [3.05, 3.63) is 12.2 Å². The topological polar surface area (TPSA) is 143 Å². The molecule has 3 saturated carbocycles. The Morgan fingerprint density at radius 2 is 1.81 bits per heavy atom.